The van der Waals surface area contributed by atoms with Crippen molar-refractivity contribution in [3.8, 4) is 0 Å². The molecule has 0 fully saturated rings. The van der Waals surface area contributed by atoms with Gasteiger partial charge in [-0.2, -0.15) is 0 Å². The molecule has 0 saturated heterocycles. The summed E-state index contributed by atoms with van der Waals surface area (Å²) in [4.78, 5) is 26.1. The van der Waals surface area contributed by atoms with Gasteiger partial charge in [0.2, 0.25) is 0 Å². The van der Waals surface area contributed by atoms with Gasteiger partial charge < -0.3 is 0 Å². The van der Waals surface area contributed by atoms with Crippen molar-refractivity contribution in [3.05, 3.63) is 54.6 Å². The van der Waals surface area contributed by atoms with E-state index >= 15 is 0 Å². The third-order valence-corrected chi connectivity index (χ3v) is 6.20. The molecular formula is C20H27NO2Se. The average molecular weight is 392 g/mol. The van der Waals surface area contributed by atoms with Crippen molar-refractivity contribution in [2.45, 2.75) is 37.4 Å². The molecule has 0 heterocycles. The van der Waals surface area contributed by atoms with Crippen molar-refractivity contribution in [3.63, 3.8) is 0 Å². The van der Waals surface area contributed by atoms with Crippen LogP contribution in [0.15, 0.2) is 54.6 Å². The normalized spacial score (nSPS) is 12.5. The number of carbonyl (C=O) groups is 2. The number of amides is 1. The van der Waals surface area contributed by atoms with Crippen LogP contribution in [-0.4, -0.2) is 45.6 Å². The molecule has 0 aliphatic carbocycles. The van der Waals surface area contributed by atoms with Crippen molar-refractivity contribution in [2.75, 3.05) is 14.1 Å². The first-order valence-electron chi connectivity index (χ1n) is 8.17. The molecule has 0 N–H and O–H groups in total. The van der Waals surface area contributed by atoms with Crippen LogP contribution in [0.25, 0.3) is 0 Å². The number of unbranched alkanes of at least 4 members (excludes halogenated alkanes) is 1. The summed E-state index contributed by atoms with van der Waals surface area (Å²) in [7, 11) is 3.42. The number of nitrogens with zero attached hydrogens (tertiary/aromatic N) is 1. The van der Waals surface area contributed by atoms with Crippen LogP contribution < -0.4 is 4.46 Å². The molecule has 0 radical (unpaired) electrons. The van der Waals surface area contributed by atoms with Crippen LogP contribution in [0.1, 0.15) is 32.6 Å². The van der Waals surface area contributed by atoms with Crippen LogP contribution in [0.2, 0.25) is 4.82 Å². The SMILES string of the molecule is C=CCC/C=C(\C)CCC(=O)C([Se]c1ccccc1)C(=O)N(C)C. The summed E-state index contributed by atoms with van der Waals surface area (Å²) in [6.07, 6.45) is 7.10. The van der Waals surface area contributed by atoms with E-state index in [1.54, 1.807) is 14.1 Å². The topological polar surface area (TPSA) is 37.4 Å². The molecule has 1 aromatic carbocycles. The number of allylic oxidation sites excluding steroid dienone is 3. The third-order valence-electron chi connectivity index (χ3n) is 3.58. The zero-order valence-corrected chi connectivity index (χ0v) is 16.5. The van der Waals surface area contributed by atoms with E-state index < -0.39 is 4.82 Å². The van der Waals surface area contributed by atoms with E-state index in [0.29, 0.717) is 6.42 Å². The second-order valence-electron chi connectivity index (χ2n) is 5.93. The van der Waals surface area contributed by atoms with Gasteiger partial charge in [-0.05, 0) is 0 Å². The molecule has 0 bridgehead atoms. The molecule has 1 aromatic rings. The van der Waals surface area contributed by atoms with Crippen molar-refractivity contribution in [1.29, 1.82) is 0 Å². The summed E-state index contributed by atoms with van der Waals surface area (Å²) >= 11 is -0.180. The van der Waals surface area contributed by atoms with Gasteiger partial charge in [-0.15, -0.1) is 0 Å². The van der Waals surface area contributed by atoms with Crippen molar-refractivity contribution >= 4 is 31.1 Å². The molecule has 0 aromatic heterocycles. The second-order valence-corrected chi connectivity index (χ2v) is 8.40. The fourth-order valence-electron chi connectivity index (χ4n) is 2.12. The van der Waals surface area contributed by atoms with Gasteiger partial charge in [-0.25, -0.2) is 0 Å². The molecule has 1 rings (SSSR count). The fourth-order valence-corrected chi connectivity index (χ4v) is 4.53. The molecule has 4 heteroatoms. The van der Waals surface area contributed by atoms with E-state index in [-0.39, 0.29) is 26.6 Å². The Morgan fingerprint density at radius 2 is 1.83 bits per heavy atom. The molecule has 24 heavy (non-hydrogen) atoms. The Labute approximate surface area is 152 Å². The van der Waals surface area contributed by atoms with E-state index in [1.165, 1.54) is 10.5 Å². The Morgan fingerprint density at radius 3 is 2.42 bits per heavy atom. The van der Waals surface area contributed by atoms with Gasteiger partial charge in [0.15, 0.2) is 0 Å². The van der Waals surface area contributed by atoms with Crippen LogP contribution in [0.5, 0.6) is 0 Å². The summed E-state index contributed by atoms with van der Waals surface area (Å²) in [5.74, 6) is -0.0360. The number of Topliss-reactive ketones (excluding diaryl/α,β-unsaturated/α-hetero) is 1. The Bertz CT molecular complexity index is 579. The Balaban J connectivity index is 2.72. The quantitative estimate of drug-likeness (QED) is 0.266. The first kappa shape index (κ1) is 20.4. The molecule has 130 valence electrons. The molecule has 1 amide bonds. The van der Waals surface area contributed by atoms with Crippen LogP contribution in [-0.2, 0) is 9.59 Å². The predicted molar refractivity (Wildman–Crippen MR) is 102 cm³/mol. The van der Waals surface area contributed by atoms with Gasteiger partial charge in [-0.3, -0.25) is 0 Å². The third kappa shape index (κ3) is 7.29. The first-order valence-corrected chi connectivity index (χ1v) is 10.0. The average Bonchev–Trinajstić information content (AvgIpc) is 2.58. The first-order chi connectivity index (χ1) is 11.5. The number of hydrogen-bond acceptors (Lipinski definition) is 2. The molecular weight excluding hydrogens is 365 g/mol. The number of carbonyl (C=O) groups excluding carboxylic acids is 2. The molecule has 0 aliphatic heterocycles. The minimum absolute atomic E-state index is 0.0500. The van der Waals surface area contributed by atoms with Crippen LogP contribution in [0.4, 0.5) is 0 Å². The molecule has 0 spiro atoms. The van der Waals surface area contributed by atoms with Crippen LogP contribution >= 0.6 is 0 Å². The standard InChI is InChI=1S/C20H27NO2Se/c1-5-6-8-11-16(2)14-15-18(22)19(20(23)21(3)4)24-17-12-9-7-10-13-17/h5,7,9-13,19H,1,6,8,14-15H2,2-4H3/b16-11+. The Morgan fingerprint density at radius 1 is 1.17 bits per heavy atom. The zero-order valence-electron chi connectivity index (χ0n) is 14.8. The van der Waals surface area contributed by atoms with E-state index in [2.05, 4.69) is 12.7 Å². The van der Waals surface area contributed by atoms with Crippen molar-refractivity contribution < 1.29 is 9.59 Å². The number of ketones is 1. The summed E-state index contributed by atoms with van der Waals surface area (Å²) in [6.45, 7) is 5.75. The van der Waals surface area contributed by atoms with Gasteiger partial charge >= 0.3 is 152 Å². The number of benzene rings is 1. The number of rotatable bonds is 10. The van der Waals surface area contributed by atoms with E-state index in [1.807, 2.05) is 43.3 Å². The molecule has 3 nitrogen and oxygen atoms in total. The predicted octanol–water partition coefficient (Wildman–Crippen LogP) is 3.15. The summed E-state index contributed by atoms with van der Waals surface area (Å²) in [5, 5.41) is 0. The fraction of sp³-hybridized carbons (Fsp3) is 0.400. The molecule has 0 saturated carbocycles. The van der Waals surface area contributed by atoms with E-state index in [0.717, 1.165) is 23.7 Å². The van der Waals surface area contributed by atoms with Crippen LogP contribution in [0, 0.1) is 0 Å². The Kier molecular flexibility index (Phi) is 9.36. The van der Waals surface area contributed by atoms with Crippen LogP contribution in [0.3, 0.4) is 0 Å². The van der Waals surface area contributed by atoms with Gasteiger partial charge in [0.25, 0.3) is 0 Å². The molecule has 0 aliphatic rings. The second kappa shape index (κ2) is 11.0. The van der Waals surface area contributed by atoms with Crippen molar-refractivity contribution in [2.24, 2.45) is 0 Å². The Hall–Kier alpha value is -1.64. The zero-order chi connectivity index (χ0) is 17.9. The van der Waals surface area contributed by atoms with Gasteiger partial charge in [0.05, 0.1) is 0 Å². The van der Waals surface area contributed by atoms with Gasteiger partial charge in [-0.1, -0.05) is 0 Å². The van der Waals surface area contributed by atoms with E-state index in [9.17, 15) is 9.59 Å². The summed E-state index contributed by atoms with van der Waals surface area (Å²) < 4.78 is 1.08. The van der Waals surface area contributed by atoms with Crippen molar-refractivity contribution in [1.82, 2.24) is 4.90 Å². The van der Waals surface area contributed by atoms with E-state index in [4.69, 9.17) is 0 Å². The summed E-state index contributed by atoms with van der Waals surface area (Å²) in [5.41, 5.74) is 1.20. The monoisotopic (exact) mass is 393 g/mol. The van der Waals surface area contributed by atoms with Gasteiger partial charge in [0, 0.05) is 0 Å². The van der Waals surface area contributed by atoms with Gasteiger partial charge in [0.1, 0.15) is 0 Å². The maximum atomic E-state index is 12.7. The number of hydrogen-bond donors (Lipinski definition) is 0. The molecule has 1 unspecified atom stereocenters. The summed E-state index contributed by atoms with van der Waals surface area (Å²) in [6, 6.07) is 9.82. The molecule has 1 atom stereocenters. The minimum atomic E-state index is -0.532. The maximum absolute atomic E-state index is 12.7.